The summed E-state index contributed by atoms with van der Waals surface area (Å²) >= 11 is 0. The van der Waals surface area contributed by atoms with Gasteiger partial charge in [-0.2, -0.15) is 0 Å². The molecular formula is C30H42FN3O5. The number of halogens is 1. The minimum absolute atomic E-state index is 0.0408. The van der Waals surface area contributed by atoms with E-state index in [0.29, 0.717) is 45.1 Å². The fourth-order valence-electron chi connectivity index (χ4n) is 7.52. The van der Waals surface area contributed by atoms with Crippen LogP contribution in [0, 0.1) is 23.1 Å². The van der Waals surface area contributed by atoms with Gasteiger partial charge in [-0.1, -0.05) is 31.4 Å². The fraction of sp³-hybridized carbons (Fsp3) is 0.700. The summed E-state index contributed by atoms with van der Waals surface area (Å²) in [5.41, 5.74) is 0.414. The van der Waals surface area contributed by atoms with Crippen molar-refractivity contribution in [2.24, 2.45) is 17.3 Å². The van der Waals surface area contributed by atoms with Crippen LogP contribution in [0.2, 0.25) is 0 Å². The maximum atomic E-state index is 14.0. The molecule has 2 atom stereocenters. The van der Waals surface area contributed by atoms with Crippen LogP contribution in [-0.4, -0.2) is 82.8 Å². The molecule has 3 aliphatic heterocycles. The van der Waals surface area contributed by atoms with Crippen molar-refractivity contribution in [3.8, 4) is 0 Å². The second-order valence-electron chi connectivity index (χ2n) is 12.8. The third-order valence-corrected chi connectivity index (χ3v) is 10.0. The molecule has 1 saturated carbocycles. The van der Waals surface area contributed by atoms with Gasteiger partial charge in [0.05, 0.1) is 5.54 Å². The Morgan fingerprint density at radius 2 is 1.67 bits per heavy atom. The van der Waals surface area contributed by atoms with Crippen molar-refractivity contribution in [3.05, 3.63) is 35.6 Å². The van der Waals surface area contributed by atoms with Crippen molar-refractivity contribution in [1.82, 2.24) is 14.7 Å². The van der Waals surface area contributed by atoms with Crippen LogP contribution in [0.5, 0.6) is 0 Å². The van der Waals surface area contributed by atoms with E-state index in [-0.39, 0.29) is 47.2 Å². The molecule has 0 bridgehead atoms. The normalized spacial score (nSPS) is 27.4. The van der Waals surface area contributed by atoms with E-state index in [4.69, 9.17) is 4.74 Å². The summed E-state index contributed by atoms with van der Waals surface area (Å²) in [5.74, 6) is -0.424. The third-order valence-electron chi connectivity index (χ3n) is 10.0. The van der Waals surface area contributed by atoms with Gasteiger partial charge >= 0.3 is 12.2 Å². The largest absolute Gasteiger partial charge is 0.465 e. The highest BCUT2D eigenvalue weighted by atomic mass is 19.1. The van der Waals surface area contributed by atoms with Crippen LogP contribution in [0.4, 0.5) is 14.0 Å². The summed E-state index contributed by atoms with van der Waals surface area (Å²) in [6.45, 7) is 6.99. The minimum atomic E-state index is -0.994. The maximum Gasteiger partial charge on any atom is 0.410 e. The van der Waals surface area contributed by atoms with Gasteiger partial charge in [0.15, 0.2) is 0 Å². The number of piperidine rings is 2. The van der Waals surface area contributed by atoms with Crippen molar-refractivity contribution >= 4 is 18.1 Å². The van der Waals surface area contributed by atoms with Gasteiger partial charge in [-0.05, 0) is 75.0 Å². The van der Waals surface area contributed by atoms with E-state index in [9.17, 15) is 23.9 Å². The summed E-state index contributed by atoms with van der Waals surface area (Å²) < 4.78 is 19.1. The number of likely N-dealkylation sites (tertiary alicyclic amines) is 2. The highest BCUT2D eigenvalue weighted by molar-refractivity contribution is 5.81. The van der Waals surface area contributed by atoms with Gasteiger partial charge in [-0.25, -0.2) is 14.0 Å². The SMILES string of the molecule is CC1(C)COC(=O)N1CC1(C2CCCCC2)CCN(C(=O)[C@H]2CCN(C(=O)O)C[C@@H]2c2ccc(F)cc2)CC1. The molecule has 0 unspecified atom stereocenters. The number of benzene rings is 1. The van der Waals surface area contributed by atoms with Crippen LogP contribution in [0.1, 0.15) is 76.7 Å². The van der Waals surface area contributed by atoms with Gasteiger partial charge in [-0.15, -0.1) is 0 Å². The number of rotatable bonds is 5. The predicted molar refractivity (Wildman–Crippen MR) is 144 cm³/mol. The molecule has 4 aliphatic rings. The molecule has 1 aromatic rings. The Bertz CT molecular complexity index is 1060. The number of cyclic esters (lactones) is 1. The average molecular weight is 544 g/mol. The lowest BCUT2D eigenvalue weighted by atomic mass is 9.63. The highest BCUT2D eigenvalue weighted by Gasteiger charge is 2.50. The number of ether oxygens (including phenoxy) is 1. The minimum Gasteiger partial charge on any atom is -0.465 e. The second kappa shape index (κ2) is 11.0. The van der Waals surface area contributed by atoms with E-state index in [1.165, 1.54) is 36.3 Å². The van der Waals surface area contributed by atoms with Crippen LogP contribution < -0.4 is 0 Å². The summed E-state index contributed by atoms with van der Waals surface area (Å²) in [6.07, 6.45) is 6.92. The lowest BCUT2D eigenvalue weighted by Gasteiger charge is -2.51. The molecular weight excluding hydrogens is 501 g/mol. The molecule has 0 aromatic heterocycles. The number of amides is 3. The summed E-state index contributed by atoms with van der Waals surface area (Å²) in [7, 11) is 0. The zero-order chi connectivity index (χ0) is 27.8. The molecule has 0 spiro atoms. The molecule has 39 heavy (non-hydrogen) atoms. The van der Waals surface area contributed by atoms with E-state index in [2.05, 4.69) is 13.8 Å². The van der Waals surface area contributed by atoms with Gasteiger partial charge in [-0.3, -0.25) is 9.69 Å². The Hall–Kier alpha value is -2.84. The first-order valence-corrected chi connectivity index (χ1v) is 14.6. The van der Waals surface area contributed by atoms with Gasteiger partial charge < -0.3 is 19.6 Å². The Labute approximate surface area is 230 Å². The molecule has 1 N–H and O–H groups in total. The van der Waals surface area contributed by atoms with Crippen LogP contribution in [0.25, 0.3) is 0 Å². The molecule has 3 amide bonds. The number of nitrogens with zero attached hydrogens (tertiary/aromatic N) is 3. The summed E-state index contributed by atoms with van der Waals surface area (Å²) in [6, 6.07) is 6.10. The van der Waals surface area contributed by atoms with Gasteiger partial charge in [0.25, 0.3) is 0 Å². The monoisotopic (exact) mass is 543 g/mol. The first-order chi connectivity index (χ1) is 18.6. The predicted octanol–water partition coefficient (Wildman–Crippen LogP) is 5.33. The second-order valence-corrected chi connectivity index (χ2v) is 12.8. The Morgan fingerprint density at radius 3 is 2.26 bits per heavy atom. The van der Waals surface area contributed by atoms with E-state index in [1.807, 2.05) is 9.80 Å². The number of hydrogen-bond donors (Lipinski definition) is 1. The first-order valence-electron chi connectivity index (χ1n) is 14.6. The third kappa shape index (κ3) is 5.59. The molecule has 214 valence electrons. The molecule has 5 rings (SSSR count). The van der Waals surface area contributed by atoms with Crippen molar-refractivity contribution in [2.75, 3.05) is 39.3 Å². The molecule has 1 aromatic carbocycles. The van der Waals surface area contributed by atoms with E-state index < -0.39 is 6.09 Å². The zero-order valence-electron chi connectivity index (χ0n) is 23.2. The molecule has 3 heterocycles. The van der Waals surface area contributed by atoms with Gasteiger partial charge in [0, 0.05) is 44.6 Å². The Morgan fingerprint density at radius 1 is 1.00 bits per heavy atom. The standard InChI is InChI=1S/C30H42FN3O5/c1-29(2)20-39-28(38)34(29)19-30(22-6-4-3-5-7-22)13-16-32(17-14-30)26(35)24-12-15-33(27(36)37)18-25(24)21-8-10-23(31)11-9-21/h8-11,22,24-25H,3-7,12-20H2,1-2H3,(H,36,37)/t24-,25+/m0/s1. The van der Waals surface area contributed by atoms with E-state index in [0.717, 1.165) is 31.2 Å². The molecule has 0 radical (unpaired) electrons. The lowest BCUT2D eigenvalue weighted by molar-refractivity contribution is -0.141. The molecule has 3 saturated heterocycles. The van der Waals surface area contributed by atoms with Crippen molar-refractivity contribution in [3.63, 3.8) is 0 Å². The summed E-state index contributed by atoms with van der Waals surface area (Å²) in [4.78, 5) is 43.6. The number of carbonyl (C=O) groups is 3. The van der Waals surface area contributed by atoms with Crippen molar-refractivity contribution in [2.45, 2.75) is 76.7 Å². The lowest BCUT2D eigenvalue weighted by Crippen LogP contribution is -2.56. The number of hydrogen-bond acceptors (Lipinski definition) is 4. The van der Waals surface area contributed by atoms with Crippen LogP contribution >= 0.6 is 0 Å². The first kappa shape index (κ1) is 27.7. The van der Waals surface area contributed by atoms with Crippen molar-refractivity contribution in [1.29, 1.82) is 0 Å². The summed E-state index contributed by atoms with van der Waals surface area (Å²) in [5, 5.41) is 9.61. The topological polar surface area (TPSA) is 90.4 Å². The number of carboxylic acid groups (broad SMARTS) is 1. The molecule has 1 aliphatic carbocycles. The van der Waals surface area contributed by atoms with Gasteiger partial charge in [0.2, 0.25) is 5.91 Å². The highest BCUT2D eigenvalue weighted by Crippen LogP contribution is 2.48. The molecule has 9 heteroatoms. The molecule has 4 fully saturated rings. The Balaban J connectivity index is 1.33. The quantitative estimate of drug-likeness (QED) is 0.542. The zero-order valence-corrected chi connectivity index (χ0v) is 23.2. The van der Waals surface area contributed by atoms with E-state index >= 15 is 0 Å². The van der Waals surface area contributed by atoms with E-state index in [1.54, 1.807) is 12.1 Å². The Kier molecular flexibility index (Phi) is 7.80. The number of carbonyl (C=O) groups excluding carboxylic acids is 2. The smallest absolute Gasteiger partial charge is 0.410 e. The maximum absolute atomic E-state index is 14.0. The van der Waals surface area contributed by atoms with Crippen LogP contribution in [0.15, 0.2) is 24.3 Å². The van der Waals surface area contributed by atoms with Gasteiger partial charge in [0.1, 0.15) is 12.4 Å². The van der Waals surface area contributed by atoms with Crippen molar-refractivity contribution < 1.29 is 28.6 Å². The average Bonchev–Trinajstić information content (AvgIpc) is 3.20. The fourth-order valence-corrected chi connectivity index (χ4v) is 7.52. The molecule has 8 nitrogen and oxygen atoms in total. The van der Waals surface area contributed by atoms with Crippen LogP contribution in [0.3, 0.4) is 0 Å². The van der Waals surface area contributed by atoms with Crippen LogP contribution in [-0.2, 0) is 9.53 Å².